The van der Waals surface area contributed by atoms with Crippen LogP contribution < -0.4 is 0 Å². The molecule has 53 valence electrons. The Balaban J connectivity index is 2.84. The first-order valence-corrected chi connectivity index (χ1v) is 4.12. The Morgan fingerprint density at radius 2 is 2.00 bits per heavy atom. The van der Waals surface area contributed by atoms with E-state index in [1.54, 1.807) is 0 Å². The van der Waals surface area contributed by atoms with Gasteiger partial charge in [-0.2, -0.15) is 0 Å². The molecular formula is C9H7NV. The second-order valence-electron chi connectivity index (χ2n) is 2.20. The molecule has 0 bridgehead atoms. The maximum absolute atomic E-state index is 8.50. The van der Waals surface area contributed by atoms with Crippen LogP contribution in [0.3, 0.4) is 0 Å². The third-order valence-corrected chi connectivity index (χ3v) is 1.70. The van der Waals surface area contributed by atoms with Crippen molar-refractivity contribution in [3.05, 3.63) is 35.4 Å². The van der Waals surface area contributed by atoms with Crippen LogP contribution in [0.1, 0.15) is 11.1 Å². The van der Waals surface area contributed by atoms with Crippen LogP contribution in [0, 0.1) is 11.3 Å². The summed E-state index contributed by atoms with van der Waals surface area (Å²) < 4.78 is 2.04. The van der Waals surface area contributed by atoms with E-state index in [-0.39, 0.29) is 0 Å². The molecule has 0 radical (unpaired) electrons. The molecule has 0 heterocycles. The summed E-state index contributed by atoms with van der Waals surface area (Å²) in [6.45, 7) is 0. The molecule has 0 aliphatic rings. The Hall–Kier alpha value is -0.836. The zero-order chi connectivity index (χ0) is 8.10. The molecule has 11 heavy (non-hydrogen) atoms. The van der Waals surface area contributed by atoms with Gasteiger partial charge in [0.15, 0.2) is 0 Å². The minimum atomic E-state index is 0.722. The van der Waals surface area contributed by atoms with Gasteiger partial charge >= 0.3 is 74.9 Å². The van der Waals surface area contributed by atoms with E-state index in [2.05, 4.69) is 23.0 Å². The summed E-state index contributed by atoms with van der Waals surface area (Å²) in [6.07, 6.45) is 0.950. The van der Waals surface area contributed by atoms with Crippen LogP contribution in [-0.2, 0) is 23.4 Å². The van der Waals surface area contributed by atoms with Gasteiger partial charge in [-0.05, 0) is 0 Å². The topological polar surface area (TPSA) is 23.8 Å². The van der Waals surface area contributed by atoms with Crippen LogP contribution in [0.2, 0.25) is 0 Å². The van der Waals surface area contributed by atoms with Crippen molar-refractivity contribution in [2.24, 2.45) is 0 Å². The molecule has 1 aromatic rings. The third kappa shape index (κ3) is 2.34. The maximum atomic E-state index is 8.50. The molecule has 0 atom stereocenters. The van der Waals surface area contributed by atoms with Crippen molar-refractivity contribution in [3.63, 3.8) is 0 Å². The van der Waals surface area contributed by atoms with E-state index in [1.165, 1.54) is 5.56 Å². The van der Waals surface area contributed by atoms with Crippen LogP contribution in [-0.4, -0.2) is 4.73 Å². The molecule has 0 aliphatic carbocycles. The zero-order valence-corrected chi connectivity index (χ0v) is 7.38. The van der Waals surface area contributed by atoms with Gasteiger partial charge in [-0.25, -0.2) is 0 Å². The summed E-state index contributed by atoms with van der Waals surface area (Å²) in [7, 11) is 0. The molecular weight excluding hydrogens is 173 g/mol. The van der Waals surface area contributed by atoms with Crippen molar-refractivity contribution in [3.8, 4) is 6.07 Å². The van der Waals surface area contributed by atoms with E-state index in [9.17, 15) is 0 Å². The zero-order valence-electron chi connectivity index (χ0n) is 5.99. The predicted molar refractivity (Wildman–Crippen MR) is 40.9 cm³/mol. The fraction of sp³-hybridized carbons (Fsp3) is 0.111. The average molecular weight is 180 g/mol. The van der Waals surface area contributed by atoms with Gasteiger partial charge < -0.3 is 0 Å². The summed E-state index contributed by atoms with van der Waals surface area (Å²) in [4.78, 5) is 0. The van der Waals surface area contributed by atoms with Crippen molar-refractivity contribution in [2.45, 2.75) is 6.42 Å². The van der Waals surface area contributed by atoms with Crippen molar-refractivity contribution >= 4 is 4.73 Å². The fourth-order valence-corrected chi connectivity index (χ4v) is 1.15. The molecule has 1 rings (SSSR count). The Morgan fingerprint density at radius 3 is 2.45 bits per heavy atom. The Labute approximate surface area is 75.2 Å². The molecule has 2 heteroatoms. The standard InChI is InChI=1S/C9H7N.V/c1-2-8-3-5-9(7-10)6-4-8;/h1,3-6H,2H2;. The monoisotopic (exact) mass is 180 g/mol. The molecule has 1 aromatic carbocycles. The molecule has 0 amide bonds. The van der Waals surface area contributed by atoms with E-state index in [0.29, 0.717) is 0 Å². The molecule has 0 saturated carbocycles. The molecule has 0 aliphatic heterocycles. The van der Waals surface area contributed by atoms with Crippen molar-refractivity contribution < 1.29 is 17.0 Å². The van der Waals surface area contributed by atoms with Crippen LogP contribution in [0.5, 0.6) is 0 Å². The van der Waals surface area contributed by atoms with Crippen LogP contribution in [0.15, 0.2) is 24.3 Å². The second-order valence-corrected chi connectivity index (χ2v) is 2.77. The van der Waals surface area contributed by atoms with Crippen LogP contribution >= 0.6 is 0 Å². The molecule has 0 saturated heterocycles. The summed E-state index contributed by atoms with van der Waals surface area (Å²) in [6, 6.07) is 9.71. The molecule has 1 nitrogen and oxygen atoms in total. The van der Waals surface area contributed by atoms with Gasteiger partial charge in [0.1, 0.15) is 0 Å². The van der Waals surface area contributed by atoms with Crippen LogP contribution in [0.25, 0.3) is 0 Å². The van der Waals surface area contributed by atoms with Gasteiger partial charge in [0, 0.05) is 0 Å². The van der Waals surface area contributed by atoms with Crippen molar-refractivity contribution in [1.82, 2.24) is 0 Å². The van der Waals surface area contributed by atoms with Gasteiger partial charge in [-0.3, -0.25) is 0 Å². The first-order chi connectivity index (χ1) is 5.36. The van der Waals surface area contributed by atoms with Crippen LogP contribution in [0.4, 0.5) is 0 Å². The van der Waals surface area contributed by atoms with Crippen molar-refractivity contribution in [2.75, 3.05) is 0 Å². The first-order valence-electron chi connectivity index (χ1n) is 3.31. The Bertz CT molecular complexity index is 281. The Morgan fingerprint density at radius 1 is 1.36 bits per heavy atom. The van der Waals surface area contributed by atoms with Gasteiger partial charge in [0.25, 0.3) is 0 Å². The first kappa shape index (κ1) is 8.26. The summed E-state index contributed by atoms with van der Waals surface area (Å²) in [5.74, 6) is 0. The summed E-state index contributed by atoms with van der Waals surface area (Å²) in [5.41, 5.74) is 1.96. The molecule has 0 N–H and O–H groups in total. The minimum absolute atomic E-state index is 0.722. The van der Waals surface area contributed by atoms with Gasteiger partial charge in [0.05, 0.1) is 0 Å². The third-order valence-electron chi connectivity index (χ3n) is 1.41. The van der Waals surface area contributed by atoms with Gasteiger partial charge in [-0.1, -0.05) is 0 Å². The number of nitrogens with zero attached hydrogens (tertiary/aromatic N) is 1. The van der Waals surface area contributed by atoms with E-state index < -0.39 is 0 Å². The molecule has 0 fully saturated rings. The molecule has 0 unspecified atom stereocenters. The predicted octanol–water partition coefficient (Wildman–Crippen LogP) is 1.45. The summed E-state index contributed by atoms with van der Waals surface area (Å²) >= 11 is 2.43. The molecule has 0 aromatic heterocycles. The average Bonchev–Trinajstić information content (AvgIpc) is 2.07. The quantitative estimate of drug-likeness (QED) is 0.675. The van der Waals surface area contributed by atoms with Crippen molar-refractivity contribution in [1.29, 1.82) is 5.26 Å². The number of hydrogen-bond acceptors (Lipinski definition) is 1. The molecule has 0 spiro atoms. The van der Waals surface area contributed by atoms with E-state index >= 15 is 0 Å². The SMILES string of the molecule is N#Cc1ccc(C[CH]=[V])cc1. The fourth-order valence-electron chi connectivity index (χ4n) is 0.821. The van der Waals surface area contributed by atoms with E-state index in [1.807, 2.05) is 29.0 Å². The number of rotatable bonds is 2. The van der Waals surface area contributed by atoms with E-state index in [4.69, 9.17) is 5.26 Å². The number of hydrogen-bond donors (Lipinski definition) is 0. The van der Waals surface area contributed by atoms with E-state index in [0.717, 1.165) is 12.0 Å². The Kier molecular flexibility index (Phi) is 3.10. The normalized spacial score (nSPS) is 8.55. The second kappa shape index (κ2) is 4.13. The number of nitriles is 1. The number of benzene rings is 1. The van der Waals surface area contributed by atoms with Gasteiger partial charge in [-0.15, -0.1) is 0 Å². The summed E-state index contributed by atoms with van der Waals surface area (Å²) in [5, 5.41) is 8.50. The van der Waals surface area contributed by atoms with Gasteiger partial charge in [0.2, 0.25) is 0 Å².